The van der Waals surface area contributed by atoms with Gasteiger partial charge in [0.2, 0.25) is 0 Å². The van der Waals surface area contributed by atoms with E-state index in [1.807, 2.05) is 0 Å². The molecule has 0 amide bonds. The maximum atomic E-state index is 13.6. The Morgan fingerprint density at radius 2 is 1.64 bits per heavy atom. The molecule has 0 unspecified atom stereocenters. The number of benzene rings is 2. The normalized spacial score (nSPS) is 14.4. The van der Waals surface area contributed by atoms with E-state index < -0.39 is 17.9 Å². The third-order valence-electron chi connectivity index (χ3n) is 3.46. The Labute approximate surface area is 152 Å². The average molecular weight is 398 g/mol. The first-order valence-corrected chi connectivity index (χ1v) is 7.42. The Bertz CT molecular complexity index is 751. The van der Waals surface area contributed by atoms with Gasteiger partial charge >= 0.3 is 6.36 Å². The van der Waals surface area contributed by atoms with Gasteiger partial charge in [0, 0.05) is 13.1 Å². The van der Waals surface area contributed by atoms with Crippen LogP contribution in [0.5, 0.6) is 11.5 Å². The van der Waals surface area contributed by atoms with E-state index >= 15 is 0 Å². The van der Waals surface area contributed by atoms with Crippen molar-refractivity contribution in [3.63, 3.8) is 0 Å². The molecule has 1 aliphatic heterocycles. The van der Waals surface area contributed by atoms with Crippen LogP contribution >= 0.6 is 24.0 Å². The monoisotopic (exact) mass is 397 g/mol. The van der Waals surface area contributed by atoms with Crippen LogP contribution in [0.4, 0.5) is 17.6 Å². The summed E-state index contributed by atoms with van der Waals surface area (Å²) in [7, 11) is 0. The lowest BCUT2D eigenvalue weighted by Crippen LogP contribution is -2.50. The fraction of sp³-hybridized carbons (Fsp3) is 0.250. The van der Waals surface area contributed by atoms with Crippen molar-refractivity contribution in [1.29, 1.82) is 0 Å². The highest BCUT2D eigenvalue weighted by Gasteiger charge is 2.33. The predicted molar refractivity (Wildman–Crippen MR) is 88.1 cm³/mol. The molecule has 1 heterocycles. The molecule has 0 aromatic heterocycles. The summed E-state index contributed by atoms with van der Waals surface area (Å²) in [6.45, 7) is 1.10. The fourth-order valence-electron chi connectivity index (χ4n) is 2.19. The first kappa shape index (κ1) is 19.6. The Morgan fingerprint density at radius 3 is 2.20 bits per heavy atom. The molecule has 9 heteroatoms. The highest BCUT2D eigenvalue weighted by atomic mass is 35.5. The van der Waals surface area contributed by atoms with E-state index in [0.29, 0.717) is 24.2 Å². The number of ether oxygens (including phenoxy) is 2. The number of halogens is 6. The largest absolute Gasteiger partial charge is 0.573 e. The minimum absolute atomic E-state index is 0. The number of hydrogen-bond acceptors (Lipinski definition) is 3. The minimum atomic E-state index is -4.86. The van der Waals surface area contributed by atoms with Crippen LogP contribution in [0.25, 0.3) is 11.1 Å². The second kappa shape index (κ2) is 7.68. The maximum Gasteiger partial charge on any atom is 0.573 e. The summed E-state index contributed by atoms with van der Waals surface area (Å²) in [4.78, 5) is 0. The van der Waals surface area contributed by atoms with Gasteiger partial charge < -0.3 is 14.8 Å². The molecule has 25 heavy (non-hydrogen) atoms. The van der Waals surface area contributed by atoms with E-state index in [1.165, 1.54) is 24.3 Å². The molecule has 1 fully saturated rings. The molecule has 1 saturated heterocycles. The molecular formula is C16H13Cl2F4NO2. The van der Waals surface area contributed by atoms with Gasteiger partial charge in [0.05, 0.1) is 5.02 Å². The molecule has 3 nitrogen and oxygen atoms in total. The SMILES string of the molecule is Cl.Fc1cc(-c2ccc(OC3CNC3)c(OC(F)(F)F)c2)ccc1Cl. The number of rotatable bonds is 4. The van der Waals surface area contributed by atoms with Crippen LogP contribution < -0.4 is 14.8 Å². The molecule has 1 aliphatic rings. The van der Waals surface area contributed by atoms with E-state index in [9.17, 15) is 17.6 Å². The highest BCUT2D eigenvalue weighted by molar-refractivity contribution is 6.30. The lowest BCUT2D eigenvalue weighted by Gasteiger charge is -2.28. The first-order chi connectivity index (χ1) is 11.3. The van der Waals surface area contributed by atoms with Gasteiger partial charge in [0.15, 0.2) is 11.5 Å². The molecule has 0 radical (unpaired) electrons. The number of nitrogens with one attached hydrogen (secondary N) is 1. The zero-order valence-corrected chi connectivity index (χ0v) is 14.1. The Hall–Kier alpha value is -1.70. The Morgan fingerprint density at radius 1 is 1.00 bits per heavy atom. The number of alkyl halides is 3. The van der Waals surface area contributed by atoms with Crippen molar-refractivity contribution in [1.82, 2.24) is 5.32 Å². The zero-order valence-electron chi connectivity index (χ0n) is 12.6. The molecule has 2 aromatic carbocycles. The van der Waals surface area contributed by atoms with E-state index in [2.05, 4.69) is 10.1 Å². The Balaban J connectivity index is 0.00000225. The maximum absolute atomic E-state index is 13.6. The molecule has 1 N–H and O–H groups in total. The molecular weight excluding hydrogens is 385 g/mol. The first-order valence-electron chi connectivity index (χ1n) is 7.04. The summed E-state index contributed by atoms with van der Waals surface area (Å²) < 4.78 is 61.0. The van der Waals surface area contributed by atoms with E-state index in [-0.39, 0.29) is 29.3 Å². The predicted octanol–water partition coefficient (Wildman–Crippen LogP) is 4.82. The van der Waals surface area contributed by atoms with Gasteiger partial charge in [-0.1, -0.05) is 23.7 Å². The second-order valence-electron chi connectivity index (χ2n) is 5.24. The molecule has 0 aliphatic carbocycles. The van der Waals surface area contributed by atoms with Crippen LogP contribution in [0.15, 0.2) is 36.4 Å². The van der Waals surface area contributed by atoms with Gasteiger partial charge in [0.1, 0.15) is 11.9 Å². The lowest BCUT2D eigenvalue weighted by atomic mass is 10.0. The lowest BCUT2D eigenvalue weighted by molar-refractivity contribution is -0.275. The van der Waals surface area contributed by atoms with Gasteiger partial charge in [-0.15, -0.1) is 25.6 Å². The van der Waals surface area contributed by atoms with Gasteiger partial charge in [-0.25, -0.2) is 4.39 Å². The summed E-state index contributed by atoms with van der Waals surface area (Å²) >= 11 is 5.62. The molecule has 0 spiro atoms. The van der Waals surface area contributed by atoms with Crippen molar-refractivity contribution in [2.45, 2.75) is 12.5 Å². The van der Waals surface area contributed by atoms with E-state index in [0.717, 1.165) is 12.1 Å². The third-order valence-corrected chi connectivity index (χ3v) is 3.77. The molecule has 3 rings (SSSR count). The van der Waals surface area contributed by atoms with Crippen LogP contribution in [-0.4, -0.2) is 25.6 Å². The third kappa shape index (κ3) is 4.90. The molecule has 0 bridgehead atoms. The minimum Gasteiger partial charge on any atom is -0.484 e. The van der Waals surface area contributed by atoms with E-state index in [4.69, 9.17) is 16.3 Å². The second-order valence-corrected chi connectivity index (χ2v) is 5.64. The van der Waals surface area contributed by atoms with Crippen molar-refractivity contribution in [2.75, 3.05) is 13.1 Å². The van der Waals surface area contributed by atoms with Crippen LogP contribution in [0.2, 0.25) is 5.02 Å². The van der Waals surface area contributed by atoms with Gasteiger partial charge in [-0.3, -0.25) is 0 Å². The van der Waals surface area contributed by atoms with Crippen molar-refractivity contribution < 1.29 is 27.0 Å². The van der Waals surface area contributed by atoms with Crippen LogP contribution in [0.1, 0.15) is 0 Å². The van der Waals surface area contributed by atoms with Crippen molar-refractivity contribution >= 4 is 24.0 Å². The Kier molecular flexibility index (Phi) is 6.03. The zero-order chi connectivity index (χ0) is 17.3. The fourth-order valence-corrected chi connectivity index (χ4v) is 2.31. The van der Waals surface area contributed by atoms with Crippen LogP contribution in [0, 0.1) is 5.82 Å². The molecule has 0 atom stereocenters. The summed E-state index contributed by atoms with van der Waals surface area (Å²) in [5.41, 5.74) is 0.727. The van der Waals surface area contributed by atoms with E-state index in [1.54, 1.807) is 0 Å². The van der Waals surface area contributed by atoms with Crippen LogP contribution in [-0.2, 0) is 0 Å². The summed E-state index contributed by atoms with van der Waals surface area (Å²) in [5.74, 6) is -1.15. The van der Waals surface area contributed by atoms with Gasteiger partial charge in [-0.2, -0.15) is 0 Å². The average Bonchev–Trinajstić information content (AvgIpc) is 2.45. The quantitative estimate of drug-likeness (QED) is 0.750. The topological polar surface area (TPSA) is 30.5 Å². The van der Waals surface area contributed by atoms with Gasteiger partial charge in [0.25, 0.3) is 0 Å². The summed E-state index contributed by atoms with van der Waals surface area (Å²) in [6.07, 6.45) is -5.07. The molecule has 0 saturated carbocycles. The van der Waals surface area contributed by atoms with Gasteiger partial charge in [-0.05, 0) is 35.4 Å². The van der Waals surface area contributed by atoms with Crippen LogP contribution in [0.3, 0.4) is 0 Å². The smallest absolute Gasteiger partial charge is 0.484 e. The van der Waals surface area contributed by atoms with Crippen molar-refractivity contribution in [2.24, 2.45) is 0 Å². The summed E-state index contributed by atoms with van der Waals surface area (Å²) in [5, 5.41) is 2.89. The standard InChI is InChI=1S/C16H12ClF4NO2.ClH/c17-12-3-1-9(5-13(12)18)10-2-4-14(23-11-7-22-8-11)15(6-10)24-16(19,20)21;/h1-6,11,22H,7-8H2;1H. The molecule has 2 aromatic rings. The van der Waals surface area contributed by atoms with Crippen molar-refractivity contribution in [3.05, 3.63) is 47.2 Å². The highest BCUT2D eigenvalue weighted by Crippen LogP contribution is 2.37. The summed E-state index contributed by atoms with van der Waals surface area (Å²) in [6, 6.07) is 8.06. The number of hydrogen-bond donors (Lipinski definition) is 1. The van der Waals surface area contributed by atoms with Crippen molar-refractivity contribution in [3.8, 4) is 22.6 Å². The molecule has 136 valence electrons.